The summed E-state index contributed by atoms with van der Waals surface area (Å²) in [6.07, 6.45) is -10.2. The highest BCUT2D eigenvalue weighted by Gasteiger charge is 2.38. The zero-order chi connectivity index (χ0) is 28.5. The maximum atomic E-state index is 13.6. The van der Waals surface area contributed by atoms with E-state index < -0.39 is 46.0 Å². The number of fused-ring (bicyclic) bond motifs is 1. The SMILES string of the molecule is COC(=O)c1ccc(Nc2nc(Nc3ccc(C(F)(F)F)cc3C(F)(F)F)nc3ccc([N+](=O)[O-])cc23)cc1. The predicted molar refractivity (Wildman–Crippen MR) is 127 cm³/mol. The zero-order valence-corrected chi connectivity index (χ0v) is 19.5. The summed E-state index contributed by atoms with van der Waals surface area (Å²) in [5.74, 6) is -1.11. The molecule has 0 unspecified atom stereocenters. The van der Waals surface area contributed by atoms with Crippen LogP contribution in [0.5, 0.6) is 0 Å². The standard InChI is InChI=1S/C24H15F6N5O4/c1-39-21(36)12-2-5-14(6-3-12)31-20-16-11-15(35(37)38)7-9-18(16)32-22(34-20)33-19-8-4-13(23(25,26)27)10-17(19)24(28,29)30/h2-11H,1H3,(H2,31,32,33,34). The average molecular weight is 551 g/mol. The van der Waals surface area contributed by atoms with E-state index in [4.69, 9.17) is 0 Å². The van der Waals surface area contributed by atoms with Crippen molar-refractivity contribution in [2.24, 2.45) is 0 Å². The van der Waals surface area contributed by atoms with Crippen molar-refractivity contribution in [1.82, 2.24) is 9.97 Å². The monoisotopic (exact) mass is 551 g/mol. The molecule has 15 heteroatoms. The van der Waals surface area contributed by atoms with Gasteiger partial charge in [0.25, 0.3) is 5.69 Å². The zero-order valence-electron chi connectivity index (χ0n) is 19.5. The first-order valence-electron chi connectivity index (χ1n) is 10.7. The number of hydrogen-bond donors (Lipinski definition) is 2. The number of aromatic nitrogens is 2. The van der Waals surface area contributed by atoms with Crippen LogP contribution in [0.4, 0.5) is 55.2 Å². The third-order valence-corrected chi connectivity index (χ3v) is 5.36. The Labute approximate surface area is 214 Å². The number of non-ortho nitro benzene ring substituents is 1. The van der Waals surface area contributed by atoms with Crippen molar-refractivity contribution < 1.29 is 40.8 Å². The van der Waals surface area contributed by atoms with E-state index in [2.05, 4.69) is 25.3 Å². The van der Waals surface area contributed by atoms with E-state index in [9.17, 15) is 41.3 Å². The molecule has 1 aromatic heterocycles. The first kappa shape index (κ1) is 27.1. The lowest BCUT2D eigenvalue weighted by Crippen LogP contribution is -2.13. The van der Waals surface area contributed by atoms with Crippen LogP contribution in [0.1, 0.15) is 21.5 Å². The number of nitrogens with one attached hydrogen (secondary N) is 2. The number of anilines is 4. The topological polar surface area (TPSA) is 119 Å². The Bertz CT molecular complexity index is 1570. The number of nitro groups is 1. The second-order valence-corrected chi connectivity index (χ2v) is 7.93. The molecule has 0 aliphatic rings. The van der Waals surface area contributed by atoms with Crippen LogP contribution in [0.15, 0.2) is 60.7 Å². The van der Waals surface area contributed by atoms with Crippen molar-refractivity contribution in [1.29, 1.82) is 0 Å². The van der Waals surface area contributed by atoms with Crippen molar-refractivity contribution in [3.05, 3.63) is 87.5 Å². The number of rotatable bonds is 6. The number of esters is 1. The maximum absolute atomic E-state index is 13.6. The van der Waals surface area contributed by atoms with Gasteiger partial charge in [-0.3, -0.25) is 10.1 Å². The molecule has 4 rings (SSSR count). The summed E-state index contributed by atoms with van der Waals surface area (Å²) in [5, 5.41) is 16.6. The third-order valence-electron chi connectivity index (χ3n) is 5.36. The molecule has 0 spiro atoms. The molecule has 39 heavy (non-hydrogen) atoms. The van der Waals surface area contributed by atoms with Gasteiger partial charge in [-0.25, -0.2) is 9.78 Å². The van der Waals surface area contributed by atoms with E-state index in [1.807, 2.05) is 0 Å². The smallest absolute Gasteiger partial charge is 0.418 e. The third kappa shape index (κ3) is 5.97. The highest BCUT2D eigenvalue weighted by Crippen LogP contribution is 2.40. The summed E-state index contributed by atoms with van der Waals surface area (Å²) in [5.41, 5.74) is -3.53. The van der Waals surface area contributed by atoms with Gasteiger partial charge in [0.1, 0.15) is 5.82 Å². The quantitative estimate of drug-likeness (QED) is 0.116. The van der Waals surface area contributed by atoms with E-state index in [0.717, 1.165) is 12.1 Å². The van der Waals surface area contributed by atoms with Crippen LogP contribution in [0, 0.1) is 10.1 Å². The van der Waals surface area contributed by atoms with E-state index in [0.29, 0.717) is 17.8 Å². The summed E-state index contributed by atoms with van der Waals surface area (Å²) >= 11 is 0. The van der Waals surface area contributed by atoms with Gasteiger partial charge in [0.05, 0.1) is 39.9 Å². The van der Waals surface area contributed by atoms with E-state index >= 15 is 0 Å². The Morgan fingerprint density at radius 1 is 0.897 bits per heavy atom. The van der Waals surface area contributed by atoms with Gasteiger partial charge in [0, 0.05) is 23.2 Å². The molecule has 0 radical (unpaired) electrons. The van der Waals surface area contributed by atoms with Gasteiger partial charge < -0.3 is 15.4 Å². The molecular formula is C24H15F6N5O4. The number of alkyl halides is 6. The van der Waals surface area contributed by atoms with Crippen molar-refractivity contribution in [2.75, 3.05) is 17.7 Å². The second kappa shape index (κ2) is 10.1. The second-order valence-electron chi connectivity index (χ2n) is 7.93. The fourth-order valence-corrected chi connectivity index (χ4v) is 3.51. The van der Waals surface area contributed by atoms with E-state index in [1.54, 1.807) is 0 Å². The molecule has 0 saturated heterocycles. The number of benzene rings is 3. The van der Waals surface area contributed by atoms with Gasteiger partial charge in [0.2, 0.25) is 5.95 Å². The molecule has 2 N–H and O–H groups in total. The first-order valence-corrected chi connectivity index (χ1v) is 10.7. The first-order chi connectivity index (χ1) is 18.3. The molecule has 0 atom stereocenters. The van der Waals surface area contributed by atoms with Gasteiger partial charge >= 0.3 is 18.3 Å². The molecular weight excluding hydrogens is 536 g/mol. The molecule has 0 fully saturated rings. The molecule has 3 aromatic carbocycles. The van der Waals surface area contributed by atoms with Gasteiger partial charge in [-0.2, -0.15) is 31.3 Å². The van der Waals surface area contributed by atoms with Crippen LogP contribution in [-0.4, -0.2) is 28.0 Å². The van der Waals surface area contributed by atoms with Crippen molar-refractivity contribution in [2.45, 2.75) is 12.4 Å². The van der Waals surface area contributed by atoms with E-state index in [-0.39, 0.29) is 34.0 Å². The molecule has 4 aromatic rings. The maximum Gasteiger partial charge on any atom is 0.418 e. The van der Waals surface area contributed by atoms with E-state index in [1.165, 1.54) is 37.4 Å². The largest absolute Gasteiger partial charge is 0.465 e. The fourth-order valence-electron chi connectivity index (χ4n) is 3.51. The summed E-state index contributed by atoms with van der Waals surface area (Å²) in [6.45, 7) is 0. The van der Waals surface area contributed by atoms with Gasteiger partial charge in [-0.05, 0) is 48.5 Å². The summed E-state index contributed by atoms with van der Waals surface area (Å²) in [4.78, 5) is 30.5. The minimum Gasteiger partial charge on any atom is -0.465 e. The number of nitro benzene ring substituents is 1. The average Bonchev–Trinajstić information content (AvgIpc) is 2.87. The van der Waals surface area contributed by atoms with Crippen LogP contribution in [0.3, 0.4) is 0 Å². The lowest BCUT2D eigenvalue weighted by Gasteiger charge is -2.17. The van der Waals surface area contributed by atoms with Crippen molar-refractivity contribution in [3.63, 3.8) is 0 Å². The Balaban J connectivity index is 1.80. The van der Waals surface area contributed by atoms with Crippen LogP contribution in [-0.2, 0) is 17.1 Å². The number of hydrogen-bond acceptors (Lipinski definition) is 8. The number of carbonyl (C=O) groups is 1. The molecule has 202 valence electrons. The highest BCUT2D eigenvalue weighted by atomic mass is 19.4. The Morgan fingerprint density at radius 3 is 2.18 bits per heavy atom. The number of methoxy groups -OCH3 is 1. The molecule has 0 amide bonds. The summed E-state index contributed by atoms with van der Waals surface area (Å²) in [7, 11) is 1.20. The lowest BCUT2D eigenvalue weighted by molar-refractivity contribution is -0.384. The molecule has 0 bridgehead atoms. The summed E-state index contributed by atoms with van der Waals surface area (Å²) < 4.78 is 84.6. The molecule has 9 nitrogen and oxygen atoms in total. The fraction of sp³-hybridized carbons (Fsp3) is 0.125. The minimum absolute atomic E-state index is 0.0330. The van der Waals surface area contributed by atoms with Crippen LogP contribution < -0.4 is 10.6 Å². The minimum atomic E-state index is -5.15. The Morgan fingerprint density at radius 2 is 1.59 bits per heavy atom. The Kier molecular flexibility index (Phi) is 7.00. The molecule has 0 saturated carbocycles. The number of carbonyl (C=O) groups excluding carboxylic acids is 1. The Hall–Kier alpha value is -4.95. The van der Waals surface area contributed by atoms with Gasteiger partial charge in [-0.1, -0.05) is 0 Å². The van der Waals surface area contributed by atoms with Crippen LogP contribution in [0.25, 0.3) is 10.9 Å². The number of ether oxygens (including phenoxy) is 1. The lowest BCUT2D eigenvalue weighted by atomic mass is 10.1. The highest BCUT2D eigenvalue weighted by molar-refractivity contribution is 5.94. The van der Waals surface area contributed by atoms with Crippen LogP contribution >= 0.6 is 0 Å². The number of nitrogens with zero attached hydrogens (tertiary/aromatic N) is 3. The molecule has 0 aliphatic heterocycles. The van der Waals surface area contributed by atoms with Crippen molar-refractivity contribution in [3.8, 4) is 0 Å². The van der Waals surface area contributed by atoms with Crippen LogP contribution in [0.2, 0.25) is 0 Å². The van der Waals surface area contributed by atoms with Gasteiger partial charge in [-0.15, -0.1) is 0 Å². The normalized spacial score (nSPS) is 11.8. The van der Waals surface area contributed by atoms with Gasteiger partial charge in [0.15, 0.2) is 0 Å². The molecule has 0 aliphatic carbocycles. The summed E-state index contributed by atoms with van der Waals surface area (Å²) in [6, 6.07) is 10.3. The predicted octanol–water partition coefficient (Wildman–Crippen LogP) is 6.85. The number of halogens is 6. The van der Waals surface area contributed by atoms with Crippen molar-refractivity contribution >= 4 is 45.7 Å². The molecule has 1 heterocycles.